The lowest BCUT2D eigenvalue weighted by Crippen LogP contribution is -2.36. The summed E-state index contributed by atoms with van der Waals surface area (Å²) in [4.78, 5) is 6.91. The molecule has 4 nitrogen and oxygen atoms in total. The number of methoxy groups -OCH3 is 1. The van der Waals surface area contributed by atoms with Gasteiger partial charge in [0.2, 0.25) is 0 Å². The number of nitrogens with zero attached hydrogens (tertiary/aromatic N) is 2. The number of hydrogen-bond donors (Lipinski definition) is 1. The van der Waals surface area contributed by atoms with Crippen molar-refractivity contribution < 1.29 is 4.74 Å². The molecule has 4 heteroatoms. The number of rotatable bonds is 3. The maximum Gasteiger partial charge on any atom is 0.136 e. The predicted molar refractivity (Wildman–Crippen MR) is 77.7 cm³/mol. The van der Waals surface area contributed by atoms with Crippen LogP contribution in [0.15, 0.2) is 30.5 Å². The second-order valence-corrected chi connectivity index (χ2v) is 4.92. The first kappa shape index (κ1) is 12.2. The molecule has 0 saturated carbocycles. The molecule has 1 aliphatic rings. The van der Waals surface area contributed by atoms with E-state index < -0.39 is 0 Å². The molecule has 2 aromatic rings. The number of pyridine rings is 1. The van der Waals surface area contributed by atoms with Crippen LogP contribution in [0.1, 0.15) is 12.8 Å². The van der Waals surface area contributed by atoms with E-state index in [-0.39, 0.29) is 0 Å². The molecule has 0 spiro atoms. The van der Waals surface area contributed by atoms with Crippen LogP contribution in [0.3, 0.4) is 0 Å². The van der Waals surface area contributed by atoms with E-state index in [0.717, 1.165) is 35.3 Å². The minimum absolute atomic E-state index is 0.407. The average Bonchev–Trinajstić information content (AvgIpc) is 2.94. The second kappa shape index (κ2) is 5.05. The van der Waals surface area contributed by atoms with E-state index in [1.54, 1.807) is 7.11 Å². The van der Waals surface area contributed by atoms with Gasteiger partial charge in [-0.05, 0) is 25.0 Å². The summed E-state index contributed by atoms with van der Waals surface area (Å²) in [6, 6.07) is 8.51. The maximum atomic E-state index is 5.87. The highest BCUT2D eigenvalue weighted by molar-refractivity contribution is 5.96. The molecule has 19 heavy (non-hydrogen) atoms. The van der Waals surface area contributed by atoms with Gasteiger partial charge in [0.25, 0.3) is 0 Å². The minimum Gasteiger partial charge on any atom is -0.496 e. The van der Waals surface area contributed by atoms with Crippen molar-refractivity contribution in [3.63, 3.8) is 0 Å². The Hall–Kier alpha value is -1.81. The van der Waals surface area contributed by atoms with Crippen molar-refractivity contribution >= 4 is 16.6 Å². The van der Waals surface area contributed by atoms with Crippen molar-refractivity contribution in [2.45, 2.75) is 18.9 Å². The monoisotopic (exact) mass is 257 g/mol. The van der Waals surface area contributed by atoms with Crippen molar-refractivity contribution in [2.75, 3.05) is 25.1 Å². The van der Waals surface area contributed by atoms with Crippen LogP contribution in [-0.4, -0.2) is 31.2 Å². The number of anilines is 1. The summed E-state index contributed by atoms with van der Waals surface area (Å²) in [7, 11) is 1.70. The largest absolute Gasteiger partial charge is 0.496 e. The number of fused-ring (bicyclic) bond motifs is 1. The molecule has 0 bridgehead atoms. The summed E-state index contributed by atoms with van der Waals surface area (Å²) in [6.07, 6.45) is 4.19. The molecule has 1 atom stereocenters. The normalized spacial score (nSPS) is 19.1. The SMILES string of the molecule is COc1cccc2c(N3CCCC3CN)nccc12. The Balaban J connectivity index is 2.14. The van der Waals surface area contributed by atoms with Crippen LogP contribution in [-0.2, 0) is 0 Å². The quantitative estimate of drug-likeness (QED) is 0.915. The summed E-state index contributed by atoms with van der Waals surface area (Å²) in [5.41, 5.74) is 5.87. The van der Waals surface area contributed by atoms with E-state index in [1.165, 1.54) is 6.42 Å². The van der Waals surface area contributed by atoms with Gasteiger partial charge in [0.05, 0.1) is 7.11 Å². The van der Waals surface area contributed by atoms with Gasteiger partial charge >= 0.3 is 0 Å². The molecule has 3 rings (SSSR count). The number of ether oxygens (including phenoxy) is 1. The Labute approximate surface area is 113 Å². The topological polar surface area (TPSA) is 51.4 Å². The zero-order valence-electron chi connectivity index (χ0n) is 11.2. The minimum atomic E-state index is 0.407. The molecule has 1 saturated heterocycles. The molecular formula is C15H19N3O. The fourth-order valence-electron chi connectivity index (χ4n) is 2.93. The van der Waals surface area contributed by atoms with Crippen molar-refractivity contribution in [1.82, 2.24) is 4.98 Å². The summed E-state index contributed by atoms with van der Waals surface area (Å²) in [5.74, 6) is 1.92. The number of benzene rings is 1. The Morgan fingerprint density at radius 2 is 2.26 bits per heavy atom. The van der Waals surface area contributed by atoms with Crippen molar-refractivity contribution in [1.29, 1.82) is 0 Å². The van der Waals surface area contributed by atoms with Crippen LogP contribution in [0.4, 0.5) is 5.82 Å². The standard InChI is InChI=1S/C15H19N3O/c1-19-14-6-2-5-13-12(14)7-8-17-15(13)18-9-3-4-11(18)10-16/h2,5-8,11H,3-4,9-10,16H2,1H3. The van der Waals surface area contributed by atoms with Crippen molar-refractivity contribution in [3.05, 3.63) is 30.5 Å². The summed E-state index contributed by atoms with van der Waals surface area (Å²) in [5, 5.41) is 2.25. The van der Waals surface area contributed by atoms with Gasteiger partial charge in [-0.25, -0.2) is 4.98 Å². The lowest BCUT2D eigenvalue weighted by atomic mass is 10.1. The first-order valence-corrected chi connectivity index (χ1v) is 6.73. The van der Waals surface area contributed by atoms with Gasteiger partial charge in [-0.15, -0.1) is 0 Å². The number of nitrogens with two attached hydrogens (primary N) is 1. The highest BCUT2D eigenvalue weighted by Gasteiger charge is 2.25. The maximum absolute atomic E-state index is 5.87. The van der Waals surface area contributed by atoms with Crippen LogP contribution in [0.5, 0.6) is 5.75 Å². The lowest BCUT2D eigenvalue weighted by Gasteiger charge is -2.26. The van der Waals surface area contributed by atoms with E-state index in [0.29, 0.717) is 12.6 Å². The third kappa shape index (κ3) is 2.02. The van der Waals surface area contributed by atoms with E-state index in [1.807, 2.05) is 24.4 Å². The van der Waals surface area contributed by atoms with Gasteiger partial charge in [-0.2, -0.15) is 0 Å². The van der Waals surface area contributed by atoms with E-state index in [2.05, 4.69) is 16.0 Å². The number of aromatic nitrogens is 1. The van der Waals surface area contributed by atoms with Crippen LogP contribution < -0.4 is 15.4 Å². The zero-order chi connectivity index (χ0) is 13.2. The molecule has 0 amide bonds. The zero-order valence-corrected chi connectivity index (χ0v) is 11.2. The summed E-state index contributed by atoms with van der Waals surface area (Å²) >= 11 is 0. The molecule has 1 fully saturated rings. The second-order valence-electron chi connectivity index (χ2n) is 4.92. The molecule has 0 radical (unpaired) electrons. The van der Waals surface area contributed by atoms with Gasteiger partial charge in [0, 0.05) is 36.1 Å². The van der Waals surface area contributed by atoms with Crippen LogP contribution in [0.2, 0.25) is 0 Å². The average molecular weight is 257 g/mol. The molecule has 1 aromatic heterocycles. The molecule has 2 heterocycles. The lowest BCUT2D eigenvalue weighted by molar-refractivity contribution is 0.420. The number of hydrogen-bond acceptors (Lipinski definition) is 4. The van der Waals surface area contributed by atoms with Crippen LogP contribution >= 0.6 is 0 Å². The smallest absolute Gasteiger partial charge is 0.136 e. The predicted octanol–water partition coefficient (Wildman–Crippen LogP) is 2.17. The van der Waals surface area contributed by atoms with E-state index in [4.69, 9.17) is 10.5 Å². The van der Waals surface area contributed by atoms with Crippen LogP contribution in [0.25, 0.3) is 10.8 Å². The molecule has 0 aliphatic carbocycles. The fraction of sp³-hybridized carbons (Fsp3) is 0.400. The van der Waals surface area contributed by atoms with Crippen molar-refractivity contribution in [2.24, 2.45) is 5.73 Å². The molecule has 1 unspecified atom stereocenters. The van der Waals surface area contributed by atoms with Gasteiger partial charge in [-0.3, -0.25) is 0 Å². The van der Waals surface area contributed by atoms with Gasteiger partial charge in [0.1, 0.15) is 11.6 Å². The Kier molecular flexibility index (Phi) is 3.25. The Bertz CT molecular complexity index is 585. The van der Waals surface area contributed by atoms with Gasteiger partial charge < -0.3 is 15.4 Å². The Morgan fingerprint density at radius 1 is 1.37 bits per heavy atom. The fourth-order valence-corrected chi connectivity index (χ4v) is 2.93. The highest BCUT2D eigenvalue weighted by Crippen LogP contribution is 2.33. The molecule has 1 aromatic carbocycles. The van der Waals surface area contributed by atoms with Gasteiger partial charge in [-0.1, -0.05) is 12.1 Å². The molecule has 100 valence electrons. The molecule has 2 N–H and O–H groups in total. The molecular weight excluding hydrogens is 238 g/mol. The van der Waals surface area contributed by atoms with Crippen molar-refractivity contribution in [3.8, 4) is 5.75 Å². The third-order valence-electron chi connectivity index (χ3n) is 3.89. The van der Waals surface area contributed by atoms with E-state index in [9.17, 15) is 0 Å². The first-order chi connectivity index (χ1) is 9.35. The summed E-state index contributed by atoms with van der Waals surface area (Å²) in [6.45, 7) is 1.72. The van der Waals surface area contributed by atoms with E-state index >= 15 is 0 Å². The summed E-state index contributed by atoms with van der Waals surface area (Å²) < 4.78 is 5.43. The Morgan fingerprint density at radius 3 is 3.05 bits per heavy atom. The van der Waals surface area contributed by atoms with Crippen LogP contribution in [0, 0.1) is 0 Å². The highest BCUT2D eigenvalue weighted by atomic mass is 16.5. The molecule has 1 aliphatic heterocycles. The first-order valence-electron chi connectivity index (χ1n) is 6.73. The van der Waals surface area contributed by atoms with Gasteiger partial charge in [0.15, 0.2) is 0 Å². The third-order valence-corrected chi connectivity index (χ3v) is 3.89.